The molecule has 0 aliphatic rings. The Kier molecular flexibility index (Phi) is 15.2. The summed E-state index contributed by atoms with van der Waals surface area (Å²) in [7, 11) is 1.34. The van der Waals surface area contributed by atoms with Crippen LogP contribution in [0.1, 0.15) is 43.7 Å². The number of esters is 1. The summed E-state index contributed by atoms with van der Waals surface area (Å²) < 4.78 is 14.4. The van der Waals surface area contributed by atoms with Crippen LogP contribution < -0.4 is 10.6 Å². The highest BCUT2D eigenvalue weighted by Crippen LogP contribution is 2.01. The summed E-state index contributed by atoms with van der Waals surface area (Å²) in [6.45, 7) is 3.77. The van der Waals surface area contributed by atoms with Crippen molar-refractivity contribution in [2.75, 3.05) is 46.5 Å². The normalized spacial score (nSPS) is 10.8. The molecular weight excluding hydrogens is 428 g/mol. The first-order valence-electron chi connectivity index (χ1n) is 11.0. The molecule has 0 unspecified atom stereocenters. The van der Waals surface area contributed by atoms with Crippen LogP contribution in [0.15, 0.2) is 34.3 Å². The molecule has 2 N–H and O–H groups in total. The van der Waals surface area contributed by atoms with Gasteiger partial charge in [-0.1, -0.05) is 37.1 Å². The molecule has 1 rings (SSSR count). The molecule has 0 spiro atoms. The predicted molar refractivity (Wildman–Crippen MR) is 126 cm³/mol. The van der Waals surface area contributed by atoms with Crippen LogP contribution in [0.2, 0.25) is 0 Å². The third-order valence-corrected chi connectivity index (χ3v) is 4.22. The van der Waals surface area contributed by atoms with E-state index in [-0.39, 0.29) is 19.2 Å². The number of alkyl carbamates (subject to hydrolysis) is 2. The van der Waals surface area contributed by atoms with Gasteiger partial charge in [-0.3, -0.25) is 14.8 Å². The van der Waals surface area contributed by atoms with Gasteiger partial charge in [0.25, 0.3) is 0 Å². The average Bonchev–Trinajstić information content (AvgIpc) is 2.80. The number of hydrogen-bond acceptors (Lipinski definition) is 8. The molecule has 0 aliphatic heterocycles. The molecule has 10 nitrogen and oxygen atoms in total. The van der Waals surface area contributed by atoms with Crippen molar-refractivity contribution >= 4 is 30.6 Å². The minimum atomic E-state index is -0.449. The number of rotatable bonds is 15. The smallest absolute Gasteiger partial charge is 0.407 e. The number of amides is 2. The Morgan fingerprint density at radius 1 is 0.788 bits per heavy atom. The second-order valence-corrected chi connectivity index (χ2v) is 6.97. The van der Waals surface area contributed by atoms with Gasteiger partial charge in [-0.05, 0) is 24.0 Å². The molecule has 0 bridgehead atoms. The van der Waals surface area contributed by atoms with Crippen molar-refractivity contribution in [3.8, 4) is 0 Å². The molecule has 1 aromatic rings. The first-order valence-corrected chi connectivity index (χ1v) is 11.0. The number of nitrogens with zero attached hydrogens (tertiary/aromatic N) is 2. The third-order valence-electron chi connectivity index (χ3n) is 4.22. The van der Waals surface area contributed by atoms with Gasteiger partial charge in [0.05, 0.1) is 20.2 Å². The predicted octanol–water partition coefficient (Wildman–Crippen LogP) is 2.73. The third kappa shape index (κ3) is 15.9. The molecule has 10 heteroatoms. The summed E-state index contributed by atoms with van der Waals surface area (Å²) in [5.41, 5.74) is 1.87. The maximum atomic E-state index is 11.6. The van der Waals surface area contributed by atoms with Crippen LogP contribution in [0.5, 0.6) is 0 Å². The molecule has 182 valence electrons. The van der Waals surface area contributed by atoms with Crippen molar-refractivity contribution < 1.29 is 28.6 Å². The van der Waals surface area contributed by atoms with Gasteiger partial charge in [0, 0.05) is 32.4 Å². The topological polar surface area (TPSA) is 128 Å². The number of hydrogen-bond donors (Lipinski definition) is 2. The van der Waals surface area contributed by atoms with Crippen LogP contribution in [-0.2, 0) is 19.0 Å². The SMILES string of the molecule is COC(=O)NCCCCCCNC(=O)OCCN=Cc1ccc(C=NCCOC(C)=O)cc1. The molecule has 0 saturated heterocycles. The highest BCUT2D eigenvalue weighted by molar-refractivity contribution is 5.84. The molecule has 0 saturated carbocycles. The molecular formula is C23H34N4O6. The molecule has 0 atom stereocenters. The molecule has 1 aromatic carbocycles. The number of nitrogens with one attached hydrogen (secondary N) is 2. The summed E-state index contributed by atoms with van der Waals surface area (Å²) in [6.07, 6.45) is 6.19. The zero-order valence-corrected chi connectivity index (χ0v) is 19.4. The minimum absolute atomic E-state index is 0.203. The number of methoxy groups -OCH3 is 1. The number of aliphatic imine (C=N–C) groups is 2. The second kappa shape index (κ2) is 18.2. The molecule has 2 amide bonds. The largest absolute Gasteiger partial charge is 0.464 e. The Hall–Kier alpha value is -3.43. The molecule has 33 heavy (non-hydrogen) atoms. The number of benzene rings is 1. The lowest BCUT2D eigenvalue weighted by molar-refractivity contribution is -0.140. The van der Waals surface area contributed by atoms with Crippen molar-refractivity contribution in [3.05, 3.63) is 35.4 Å². The van der Waals surface area contributed by atoms with E-state index in [1.807, 2.05) is 24.3 Å². The zero-order chi connectivity index (χ0) is 24.2. The Labute approximate surface area is 194 Å². The van der Waals surface area contributed by atoms with E-state index in [0.717, 1.165) is 36.8 Å². The van der Waals surface area contributed by atoms with E-state index in [1.54, 1.807) is 12.4 Å². The fourth-order valence-electron chi connectivity index (χ4n) is 2.55. The van der Waals surface area contributed by atoms with Crippen LogP contribution in [0, 0.1) is 0 Å². The minimum Gasteiger partial charge on any atom is -0.464 e. The highest BCUT2D eigenvalue weighted by atomic mass is 16.5. The van der Waals surface area contributed by atoms with Crippen molar-refractivity contribution in [1.82, 2.24) is 10.6 Å². The van der Waals surface area contributed by atoms with Gasteiger partial charge < -0.3 is 24.8 Å². The van der Waals surface area contributed by atoms with Gasteiger partial charge in [-0.2, -0.15) is 0 Å². The highest BCUT2D eigenvalue weighted by Gasteiger charge is 2.01. The first-order chi connectivity index (χ1) is 16.0. The van der Waals surface area contributed by atoms with E-state index < -0.39 is 12.2 Å². The van der Waals surface area contributed by atoms with Crippen molar-refractivity contribution in [1.29, 1.82) is 0 Å². The molecule has 0 fully saturated rings. The van der Waals surface area contributed by atoms with Crippen LogP contribution in [0.3, 0.4) is 0 Å². The van der Waals surface area contributed by atoms with Crippen LogP contribution in [0.25, 0.3) is 0 Å². The molecule has 0 aromatic heterocycles. The lowest BCUT2D eigenvalue weighted by Crippen LogP contribution is -2.26. The summed E-state index contributed by atoms with van der Waals surface area (Å²) in [5, 5.41) is 5.33. The van der Waals surface area contributed by atoms with E-state index in [1.165, 1.54) is 14.0 Å². The number of ether oxygens (including phenoxy) is 3. The summed E-state index contributed by atoms with van der Waals surface area (Å²) in [5.74, 6) is -0.310. The van der Waals surface area contributed by atoms with Gasteiger partial charge in [-0.25, -0.2) is 9.59 Å². The summed E-state index contributed by atoms with van der Waals surface area (Å²) in [6, 6.07) is 7.65. The van der Waals surface area contributed by atoms with Crippen LogP contribution >= 0.6 is 0 Å². The van der Waals surface area contributed by atoms with E-state index in [2.05, 4.69) is 25.4 Å². The Balaban J connectivity index is 2.06. The number of carbonyl (C=O) groups is 3. The zero-order valence-electron chi connectivity index (χ0n) is 19.4. The Morgan fingerprint density at radius 3 is 1.76 bits per heavy atom. The summed E-state index contributed by atoms with van der Waals surface area (Å²) in [4.78, 5) is 41.6. The molecule has 0 heterocycles. The van der Waals surface area contributed by atoms with Crippen molar-refractivity contribution in [3.63, 3.8) is 0 Å². The van der Waals surface area contributed by atoms with Crippen LogP contribution in [-0.4, -0.2) is 77.1 Å². The van der Waals surface area contributed by atoms with Gasteiger partial charge in [0.2, 0.25) is 0 Å². The number of carbonyl (C=O) groups excluding carboxylic acids is 3. The Morgan fingerprint density at radius 2 is 1.27 bits per heavy atom. The first kappa shape index (κ1) is 27.6. The van der Waals surface area contributed by atoms with Gasteiger partial charge in [0.1, 0.15) is 13.2 Å². The monoisotopic (exact) mass is 462 g/mol. The van der Waals surface area contributed by atoms with E-state index >= 15 is 0 Å². The maximum Gasteiger partial charge on any atom is 0.407 e. The van der Waals surface area contributed by atoms with Gasteiger partial charge in [-0.15, -0.1) is 0 Å². The quantitative estimate of drug-likeness (QED) is 0.179. The molecule has 0 radical (unpaired) electrons. The average molecular weight is 463 g/mol. The van der Waals surface area contributed by atoms with E-state index in [0.29, 0.717) is 26.2 Å². The second-order valence-electron chi connectivity index (χ2n) is 6.97. The Bertz CT molecular complexity index is 765. The van der Waals surface area contributed by atoms with Crippen molar-refractivity contribution in [2.24, 2.45) is 9.98 Å². The van der Waals surface area contributed by atoms with E-state index in [4.69, 9.17) is 9.47 Å². The molecule has 0 aliphatic carbocycles. The van der Waals surface area contributed by atoms with Crippen LogP contribution in [0.4, 0.5) is 9.59 Å². The van der Waals surface area contributed by atoms with Crippen molar-refractivity contribution in [2.45, 2.75) is 32.6 Å². The summed E-state index contributed by atoms with van der Waals surface area (Å²) >= 11 is 0. The lowest BCUT2D eigenvalue weighted by atomic mass is 10.1. The fraction of sp³-hybridized carbons (Fsp3) is 0.522. The van der Waals surface area contributed by atoms with Gasteiger partial charge in [0.15, 0.2) is 0 Å². The standard InChI is InChI=1S/C23H34N4O6/c1-19(28)32-15-13-24-17-20-7-9-21(10-8-20)18-25-14-16-33-23(30)27-12-6-4-3-5-11-26-22(29)31-2/h7-10,17-18H,3-6,11-16H2,1-2H3,(H,26,29)(H,27,30). The fourth-order valence-corrected chi connectivity index (χ4v) is 2.55. The van der Waals surface area contributed by atoms with Gasteiger partial charge >= 0.3 is 18.2 Å². The number of unbranched alkanes of at least 4 members (excludes halogenated alkanes) is 3. The van der Waals surface area contributed by atoms with E-state index in [9.17, 15) is 14.4 Å². The lowest BCUT2D eigenvalue weighted by Gasteiger charge is -2.06. The maximum absolute atomic E-state index is 11.6.